The third-order valence-electron chi connectivity index (χ3n) is 5.01. The van der Waals surface area contributed by atoms with Crippen LogP contribution in [-0.4, -0.2) is 45.5 Å². The number of thiophene rings is 1. The third-order valence-corrected chi connectivity index (χ3v) is 7.72. The van der Waals surface area contributed by atoms with Crippen LogP contribution in [0.5, 0.6) is 0 Å². The van der Waals surface area contributed by atoms with Crippen molar-refractivity contribution in [3.8, 4) is 0 Å². The summed E-state index contributed by atoms with van der Waals surface area (Å²) in [5.41, 5.74) is 2.32. The zero-order valence-electron chi connectivity index (χ0n) is 14.5. The molecular formula is C19H22N2O2S2. The van der Waals surface area contributed by atoms with Gasteiger partial charge in [-0.05, 0) is 43.5 Å². The normalized spacial score (nSPS) is 21.5. The van der Waals surface area contributed by atoms with Crippen LogP contribution >= 0.6 is 23.1 Å². The average Bonchev–Trinajstić information content (AvgIpc) is 3.16. The van der Waals surface area contributed by atoms with Gasteiger partial charge in [0.2, 0.25) is 0 Å². The fourth-order valence-corrected chi connectivity index (χ4v) is 6.01. The minimum Gasteiger partial charge on any atom is -0.373 e. The SMILES string of the molecule is Cc1cc(C(=O)N2CC3(C[C@H](OCc4cccnc4)CS3)C2)sc1C. The van der Waals surface area contributed by atoms with Crippen LogP contribution in [0.1, 0.15) is 32.1 Å². The molecule has 1 spiro atoms. The second kappa shape index (κ2) is 6.74. The molecule has 25 heavy (non-hydrogen) atoms. The maximum atomic E-state index is 12.6. The summed E-state index contributed by atoms with van der Waals surface area (Å²) >= 11 is 3.58. The fraction of sp³-hybridized carbons (Fsp3) is 0.474. The zero-order chi connectivity index (χ0) is 17.4. The third kappa shape index (κ3) is 3.48. The summed E-state index contributed by atoms with van der Waals surface area (Å²) in [6.07, 6.45) is 4.94. The number of nitrogens with zero attached hydrogens (tertiary/aromatic N) is 2. The summed E-state index contributed by atoms with van der Waals surface area (Å²) in [4.78, 5) is 20.8. The predicted molar refractivity (Wildman–Crippen MR) is 102 cm³/mol. The van der Waals surface area contributed by atoms with Crippen molar-refractivity contribution in [3.05, 3.63) is 51.5 Å². The fourth-order valence-electron chi connectivity index (χ4n) is 3.45. The van der Waals surface area contributed by atoms with E-state index in [2.05, 4.69) is 18.8 Å². The standard InChI is InChI=1S/C19H22N2O2S2/c1-13-6-17(25-14(13)2)18(22)21-11-19(12-21)7-16(10-24-19)23-9-15-4-3-5-20-8-15/h3-6,8,16H,7,9-12H2,1-2H3/t16-/m0/s1. The van der Waals surface area contributed by atoms with Crippen LogP contribution in [-0.2, 0) is 11.3 Å². The molecule has 2 aromatic heterocycles. The molecule has 4 rings (SSSR count). The molecule has 4 nitrogen and oxygen atoms in total. The number of hydrogen-bond donors (Lipinski definition) is 0. The highest BCUT2D eigenvalue weighted by atomic mass is 32.2. The topological polar surface area (TPSA) is 42.4 Å². The summed E-state index contributed by atoms with van der Waals surface area (Å²) in [5, 5.41) is 0. The average molecular weight is 375 g/mol. The summed E-state index contributed by atoms with van der Waals surface area (Å²) in [5.74, 6) is 1.20. The lowest BCUT2D eigenvalue weighted by molar-refractivity contribution is 0.0256. The molecule has 0 bridgehead atoms. The first-order chi connectivity index (χ1) is 12.0. The Morgan fingerprint density at radius 2 is 2.28 bits per heavy atom. The smallest absolute Gasteiger partial charge is 0.264 e. The number of hydrogen-bond acceptors (Lipinski definition) is 5. The number of pyridine rings is 1. The van der Waals surface area contributed by atoms with E-state index in [0.29, 0.717) is 6.61 Å². The molecule has 4 heterocycles. The second-order valence-corrected chi connectivity index (χ2v) is 9.75. The van der Waals surface area contributed by atoms with Gasteiger partial charge in [0.05, 0.1) is 22.3 Å². The van der Waals surface area contributed by atoms with E-state index < -0.39 is 0 Å². The number of amides is 1. The first-order valence-corrected chi connectivity index (χ1v) is 10.4. The van der Waals surface area contributed by atoms with Gasteiger partial charge in [-0.25, -0.2) is 0 Å². The van der Waals surface area contributed by atoms with Gasteiger partial charge in [0.15, 0.2) is 0 Å². The second-order valence-electron chi connectivity index (χ2n) is 7.00. The Labute approximate surface area is 156 Å². The summed E-state index contributed by atoms with van der Waals surface area (Å²) < 4.78 is 6.26. The number of aryl methyl sites for hydroxylation is 2. The largest absolute Gasteiger partial charge is 0.373 e. The molecule has 0 N–H and O–H groups in total. The highest BCUT2D eigenvalue weighted by Gasteiger charge is 2.51. The number of rotatable bonds is 4. The van der Waals surface area contributed by atoms with Crippen LogP contribution in [0, 0.1) is 13.8 Å². The summed E-state index contributed by atoms with van der Waals surface area (Å²) in [7, 11) is 0. The van der Waals surface area contributed by atoms with Crippen LogP contribution in [0.15, 0.2) is 30.6 Å². The van der Waals surface area contributed by atoms with Crippen molar-refractivity contribution in [2.24, 2.45) is 0 Å². The molecule has 0 unspecified atom stereocenters. The maximum absolute atomic E-state index is 12.6. The van der Waals surface area contributed by atoms with E-state index in [4.69, 9.17) is 4.74 Å². The van der Waals surface area contributed by atoms with Gasteiger partial charge in [0, 0.05) is 36.1 Å². The Morgan fingerprint density at radius 3 is 2.96 bits per heavy atom. The predicted octanol–water partition coefficient (Wildman–Crippen LogP) is 3.68. The Morgan fingerprint density at radius 1 is 1.44 bits per heavy atom. The molecule has 2 aliphatic heterocycles. The molecule has 2 aromatic rings. The Hall–Kier alpha value is -1.37. The number of aromatic nitrogens is 1. The summed E-state index contributed by atoms with van der Waals surface area (Å²) in [6.45, 7) is 6.45. The highest BCUT2D eigenvalue weighted by molar-refractivity contribution is 8.01. The molecule has 1 atom stereocenters. The molecule has 2 fully saturated rings. The first kappa shape index (κ1) is 17.1. The van der Waals surface area contributed by atoms with Gasteiger partial charge < -0.3 is 9.64 Å². The van der Waals surface area contributed by atoms with E-state index in [1.165, 1.54) is 10.4 Å². The van der Waals surface area contributed by atoms with Crippen LogP contribution in [0.2, 0.25) is 0 Å². The van der Waals surface area contributed by atoms with Gasteiger partial charge in [-0.1, -0.05) is 6.07 Å². The molecule has 0 aliphatic carbocycles. The number of likely N-dealkylation sites (tertiary alicyclic amines) is 1. The highest BCUT2D eigenvalue weighted by Crippen LogP contribution is 2.46. The van der Waals surface area contributed by atoms with Crippen molar-refractivity contribution < 1.29 is 9.53 Å². The van der Waals surface area contributed by atoms with Gasteiger partial charge in [-0.15, -0.1) is 23.1 Å². The van der Waals surface area contributed by atoms with E-state index in [0.717, 1.165) is 35.7 Å². The maximum Gasteiger partial charge on any atom is 0.264 e. The lowest BCUT2D eigenvalue weighted by Gasteiger charge is -2.47. The lowest BCUT2D eigenvalue weighted by atomic mass is 9.92. The van der Waals surface area contributed by atoms with E-state index in [9.17, 15) is 4.79 Å². The van der Waals surface area contributed by atoms with Crippen molar-refractivity contribution >= 4 is 29.0 Å². The monoisotopic (exact) mass is 374 g/mol. The van der Waals surface area contributed by atoms with E-state index in [1.807, 2.05) is 41.1 Å². The van der Waals surface area contributed by atoms with Crippen molar-refractivity contribution in [2.75, 3.05) is 18.8 Å². The molecule has 2 saturated heterocycles. The van der Waals surface area contributed by atoms with Crippen LogP contribution in [0.3, 0.4) is 0 Å². The molecular weight excluding hydrogens is 352 g/mol. The minimum absolute atomic E-state index is 0.187. The minimum atomic E-state index is 0.187. The van der Waals surface area contributed by atoms with Gasteiger partial charge in [-0.3, -0.25) is 9.78 Å². The Balaban J connectivity index is 1.29. The lowest BCUT2D eigenvalue weighted by Crippen LogP contribution is -2.60. The molecule has 1 amide bonds. The number of carbonyl (C=O) groups is 1. The van der Waals surface area contributed by atoms with E-state index in [1.54, 1.807) is 17.5 Å². The van der Waals surface area contributed by atoms with E-state index >= 15 is 0 Å². The van der Waals surface area contributed by atoms with Crippen molar-refractivity contribution in [3.63, 3.8) is 0 Å². The first-order valence-electron chi connectivity index (χ1n) is 8.55. The molecule has 2 aliphatic rings. The number of carbonyl (C=O) groups excluding carboxylic acids is 1. The molecule has 0 saturated carbocycles. The number of ether oxygens (including phenoxy) is 1. The molecule has 0 radical (unpaired) electrons. The van der Waals surface area contributed by atoms with Gasteiger partial charge >= 0.3 is 0 Å². The van der Waals surface area contributed by atoms with Gasteiger partial charge in [0.25, 0.3) is 5.91 Å². The molecule has 6 heteroatoms. The van der Waals surface area contributed by atoms with Crippen LogP contribution in [0.25, 0.3) is 0 Å². The van der Waals surface area contributed by atoms with Crippen molar-refractivity contribution in [1.82, 2.24) is 9.88 Å². The Bertz CT molecular complexity index is 749. The molecule has 0 aromatic carbocycles. The summed E-state index contributed by atoms with van der Waals surface area (Å²) in [6, 6.07) is 6.00. The van der Waals surface area contributed by atoms with Crippen LogP contribution in [0.4, 0.5) is 0 Å². The van der Waals surface area contributed by atoms with Gasteiger partial charge in [0.1, 0.15) is 0 Å². The molecule has 132 valence electrons. The Kier molecular flexibility index (Phi) is 4.60. The van der Waals surface area contributed by atoms with E-state index in [-0.39, 0.29) is 16.8 Å². The van der Waals surface area contributed by atoms with Gasteiger partial charge in [-0.2, -0.15) is 0 Å². The quantitative estimate of drug-likeness (QED) is 0.819. The van der Waals surface area contributed by atoms with Crippen LogP contribution < -0.4 is 0 Å². The van der Waals surface area contributed by atoms with Crippen molar-refractivity contribution in [1.29, 1.82) is 0 Å². The zero-order valence-corrected chi connectivity index (χ0v) is 16.2. The number of thioether (sulfide) groups is 1. The van der Waals surface area contributed by atoms with Crippen molar-refractivity contribution in [2.45, 2.75) is 37.7 Å².